The molecule has 1 atom stereocenters. The maximum atomic E-state index is 11.5. The highest BCUT2D eigenvalue weighted by Gasteiger charge is 2.20. The molecule has 0 radical (unpaired) electrons. The molecule has 0 spiro atoms. The summed E-state index contributed by atoms with van der Waals surface area (Å²) < 4.78 is 0. The lowest BCUT2D eigenvalue weighted by molar-refractivity contribution is -0.143. The van der Waals surface area contributed by atoms with Crippen molar-refractivity contribution in [3.8, 4) is 0 Å². The van der Waals surface area contributed by atoms with Gasteiger partial charge in [0.05, 0.1) is 0 Å². The molecule has 0 aliphatic heterocycles. The average Bonchev–Trinajstić information content (AvgIpc) is 2.33. The van der Waals surface area contributed by atoms with Gasteiger partial charge in [-0.25, -0.2) is 4.79 Å². The van der Waals surface area contributed by atoms with Crippen LogP contribution in [-0.4, -0.2) is 40.6 Å². The zero-order valence-electron chi connectivity index (χ0n) is 10.9. The van der Waals surface area contributed by atoms with Crippen LogP contribution in [0.2, 0.25) is 0 Å². The van der Waals surface area contributed by atoms with E-state index in [4.69, 9.17) is 15.9 Å². The monoisotopic (exact) mass is 274 g/mol. The number of carboxylic acid groups (broad SMARTS) is 2. The summed E-state index contributed by atoms with van der Waals surface area (Å²) in [6, 6.07) is -1.13. The first-order valence-electron chi connectivity index (χ1n) is 6.41. The summed E-state index contributed by atoms with van der Waals surface area (Å²) >= 11 is 0. The zero-order valence-corrected chi connectivity index (χ0v) is 10.9. The van der Waals surface area contributed by atoms with Crippen molar-refractivity contribution >= 4 is 17.8 Å². The Labute approximate surface area is 112 Å². The smallest absolute Gasteiger partial charge is 0.326 e. The quantitative estimate of drug-likeness (QED) is 0.402. The SMILES string of the molecule is NCCCCCCC(=O)N[C@@H](CCC(=O)O)C(=O)O. The molecule has 0 aliphatic rings. The number of nitrogens with two attached hydrogens (primary N) is 1. The topological polar surface area (TPSA) is 130 Å². The third kappa shape index (κ3) is 10.0. The third-order valence-corrected chi connectivity index (χ3v) is 2.64. The van der Waals surface area contributed by atoms with E-state index in [-0.39, 0.29) is 25.2 Å². The van der Waals surface area contributed by atoms with E-state index in [1.165, 1.54) is 0 Å². The van der Waals surface area contributed by atoms with Crippen molar-refractivity contribution in [2.75, 3.05) is 6.54 Å². The molecule has 0 aromatic rings. The third-order valence-electron chi connectivity index (χ3n) is 2.64. The van der Waals surface area contributed by atoms with Gasteiger partial charge in [0.25, 0.3) is 0 Å². The minimum atomic E-state index is -1.21. The molecule has 19 heavy (non-hydrogen) atoms. The van der Waals surface area contributed by atoms with Crippen molar-refractivity contribution < 1.29 is 24.6 Å². The predicted molar refractivity (Wildman–Crippen MR) is 68.6 cm³/mol. The van der Waals surface area contributed by atoms with E-state index in [2.05, 4.69) is 5.32 Å². The van der Waals surface area contributed by atoms with Gasteiger partial charge in [0.1, 0.15) is 6.04 Å². The second-order valence-electron chi connectivity index (χ2n) is 4.34. The van der Waals surface area contributed by atoms with E-state index in [1.807, 2.05) is 0 Å². The van der Waals surface area contributed by atoms with E-state index in [0.29, 0.717) is 13.0 Å². The van der Waals surface area contributed by atoms with E-state index in [1.54, 1.807) is 0 Å². The van der Waals surface area contributed by atoms with Crippen LogP contribution in [0.15, 0.2) is 0 Å². The molecule has 110 valence electrons. The van der Waals surface area contributed by atoms with Gasteiger partial charge in [-0.2, -0.15) is 0 Å². The molecular formula is C12H22N2O5. The predicted octanol–water partition coefficient (Wildman–Crippen LogP) is 0.330. The molecule has 7 heteroatoms. The Morgan fingerprint density at radius 2 is 1.63 bits per heavy atom. The number of aliphatic carboxylic acids is 2. The molecule has 0 bridgehead atoms. The Bertz CT molecular complexity index is 306. The fraction of sp³-hybridized carbons (Fsp3) is 0.750. The number of nitrogens with one attached hydrogen (secondary N) is 1. The average molecular weight is 274 g/mol. The summed E-state index contributed by atoms with van der Waals surface area (Å²) in [5.41, 5.74) is 5.33. The first kappa shape index (κ1) is 17.4. The molecule has 1 amide bonds. The molecule has 0 saturated carbocycles. The molecule has 0 aliphatic carbocycles. The van der Waals surface area contributed by atoms with E-state index >= 15 is 0 Å². The van der Waals surface area contributed by atoms with Crippen molar-refractivity contribution in [2.24, 2.45) is 5.73 Å². The van der Waals surface area contributed by atoms with Crippen LogP contribution in [0.1, 0.15) is 44.9 Å². The van der Waals surface area contributed by atoms with Crippen LogP contribution in [0.5, 0.6) is 0 Å². The summed E-state index contributed by atoms with van der Waals surface area (Å²) in [5.74, 6) is -2.65. The van der Waals surface area contributed by atoms with Gasteiger partial charge in [-0.1, -0.05) is 12.8 Å². The summed E-state index contributed by atoms with van der Waals surface area (Å²) in [6.07, 6.45) is 3.27. The Balaban J connectivity index is 3.90. The van der Waals surface area contributed by atoms with Crippen LogP contribution < -0.4 is 11.1 Å². The van der Waals surface area contributed by atoms with Gasteiger partial charge in [-0.3, -0.25) is 9.59 Å². The zero-order chi connectivity index (χ0) is 14.7. The number of unbranched alkanes of at least 4 members (excludes halogenated alkanes) is 3. The van der Waals surface area contributed by atoms with Crippen LogP contribution in [0.4, 0.5) is 0 Å². The number of rotatable bonds is 11. The molecule has 0 aromatic carbocycles. The normalized spacial score (nSPS) is 11.8. The van der Waals surface area contributed by atoms with Gasteiger partial charge in [-0.15, -0.1) is 0 Å². The minimum absolute atomic E-state index is 0.108. The van der Waals surface area contributed by atoms with Gasteiger partial charge in [0.15, 0.2) is 0 Å². The molecule has 0 aromatic heterocycles. The van der Waals surface area contributed by atoms with Crippen molar-refractivity contribution in [1.29, 1.82) is 0 Å². The fourth-order valence-electron chi connectivity index (χ4n) is 1.58. The number of amides is 1. The standard InChI is InChI=1S/C12H22N2O5/c13-8-4-2-1-3-5-10(15)14-9(12(18)19)6-7-11(16)17/h9H,1-8,13H2,(H,14,15)(H,16,17)(H,18,19)/t9-/m0/s1. The lowest BCUT2D eigenvalue weighted by Crippen LogP contribution is -2.41. The van der Waals surface area contributed by atoms with E-state index in [9.17, 15) is 14.4 Å². The Kier molecular flexibility index (Phi) is 9.42. The van der Waals surface area contributed by atoms with Crippen molar-refractivity contribution in [3.05, 3.63) is 0 Å². The molecule has 0 heterocycles. The number of carboxylic acids is 2. The van der Waals surface area contributed by atoms with Crippen LogP contribution in [0.3, 0.4) is 0 Å². The number of carbonyl (C=O) groups is 3. The summed E-state index contributed by atoms with van der Waals surface area (Å²) in [6.45, 7) is 0.627. The maximum absolute atomic E-state index is 11.5. The summed E-state index contributed by atoms with van der Waals surface area (Å²) in [5, 5.41) is 19.7. The van der Waals surface area contributed by atoms with Crippen LogP contribution >= 0.6 is 0 Å². The van der Waals surface area contributed by atoms with Gasteiger partial charge in [0.2, 0.25) is 5.91 Å². The minimum Gasteiger partial charge on any atom is -0.481 e. The molecular weight excluding hydrogens is 252 g/mol. The van der Waals surface area contributed by atoms with Crippen molar-refractivity contribution in [1.82, 2.24) is 5.32 Å². The van der Waals surface area contributed by atoms with Gasteiger partial charge in [0, 0.05) is 12.8 Å². The van der Waals surface area contributed by atoms with Gasteiger partial charge < -0.3 is 21.3 Å². The maximum Gasteiger partial charge on any atom is 0.326 e. The van der Waals surface area contributed by atoms with Gasteiger partial charge in [-0.05, 0) is 25.8 Å². The molecule has 0 saturated heterocycles. The summed E-state index contributed by atoms with van der Waals surface area (Å²) in [7, 11) is 0. The van der Waals surface area contributed by atoms with E-state index < -0.39 is 18.0 Å². The summed E-state index contributed by atoms with van der Waals surface area (Å²) in [4.78, 5) is 32.7. The largest absolute Gasteiger partial charge is 0.481 e. The first-order valence-corrected chi connectivity index (χ1v) is 6.41. The molecule has 0 unspecified atom stereocenters. The molecule has 0 fully saturated rings. The Morgan fingerprint density at radius 3 is 2.16 bits per heavy atom. The van der Waals surface area contributed by atoms with Crippen LogP contribution in [0.25, 0.3) is 0 Å². The highest BCUT2D eigenvalue weighted by atomic mass is 16.4. The number of carbonyl (C=O) groups excluding carboxylic acids is 1. The fourth-order valence-corrected chi connectivity index (χ4v) is 1.58. The van der Waals surface area contributed by atoms with Crippen molar-refractivity contribution in [2.45, 2.75) is 51.0 Å². The molecule has 0 rings (SSSR count). The Hall–Kier alpha value is -1.63. The number of hydrogen-bond acceptors (Lipinski definition) is 4. The van der Waals surface area contributed by atoms with Crippen molar-refractivity contribution in [3.63, 3.8) is 0 Å². The van der Waals surface area contributed by atoms with Crippen LogP contribution in [0, 0.1) is 0 Å². The second kappa shape index (κ2) is 10.3. The molecule has 7 nitrogen and oxygen atoms in total. The highest BCUT2D eigenvalue weighted by Crippen LogP contribution is 2.04. The van der Waals surface area contributed by atoms with E-state index in [0.717, 1.165) is 19.3 Å². The second-order valence-corrected chi connectivity index (χ2v) is 4.34. The van der Waals surface area contributed by atoms with Gasteiger partial charge >= 0.3 is 11.9 Å². The molecule has 5 N–H and O–H groups in total. The van der Waals surface area contributed by atoms with Crippen LogP contribution in [-0.2, 0) is 14.4 Å². The first-order chi connectivity index (χ1) is 8.97. The lowest BCUT2D eigenvalue weighted by atomic mass is 10.1. The Morgan fingerprint density at radius 1 is 1.00 bits per heavy atom. The number of hydrogen-bond donors (Lipinski definition) is 4. The lowest BCUT2D eigenvalue weighted by Gasteiger charge is -2.13. The highest BCUT2D eigenvalue weighted by molar-refractivity contribution is 5.83.